The molecule has 0 amide bonds. The average Bonchev–Trinajstić information content (AvgIpc) is 2.91. The molecule has 0 fully saturated rings. The van der Waals surface area contributed by atoms with E-state index in [2.05, 4.69) is 6.58 Å². The maximum atomic E-state index is 11.8. The minimum absolute atomic E-state index is 0.00583. The van der Waals surface area contributed by atoms with Crippen LogP contribution in [-0.4, -0.2) is 110 Å². The van der Waals surface area contributed by atoms with Gasteiger partial charge in [0, 0.05) is 11.1 Å². The van der Waals surface area contributed by atoms with Gasteiger partial charge in [-0.1, -0.05) is 36.9 Å². The van der Waals surface area contributed by atoms with E-state index in [9.17, 15) is 14.4 Å². The van der Waals surface area contributed by atoms with E-state index in [0.717, 1.165) is 0 Å². The second-order valence-electron chi connectivity index (χ2n) is 7.42. The first-order chi connectivity index (χ1) is 18.0. The van der Waals surface area contributed by atoms with Gasteiger partial charge in [0.2, 0.25) is 0 Å². The molecular weight excluding hydrogens is 488 g/mol. The van der Waals surface area contributed by atoms with Crippen LogP contribution in [0.2, 0.25) is 0 Å². The molecule has 0 aromatic heterocycles. The summed E-state index contributed by atoms with van der Waals surface area (Å²) in [5, 5.41) is 0. The highest BCUT2D eigenvalue weighted by Crippen LogP contribution is 2.01. The molecule has 11 nitrogen and oxygen atoms in total. The van der Waals surface area contributed by atoms with Crippen molar-refractivity contribution in [2.75, 3.05) is 92.5 Å². The number of hydrogen-bond donors (Lipinski definition) is 0. The third kappa shape index (κ3) is 18.3. The number of hydrogen-bond acceptors (Lipinski definition) is 11. The van der Waals surface area contributed by atoms with Crippen molar-refractivity contribution in [3.05, 3.63) is 48.0 Å². The fraction of sp³-hybridized carbons (Fsp3) is 0.577. The maximum Gasteiger partial charge on any atom is 0.379 e. The molecule has 208 valence electrons. The molecule has 0 spiro atoms. The molecule has 37 heavy (non-hydrogen) atoms. The molecule has 11 heteroatoms. The van der Waals surface area contributed by atoms with Crippen LogP contribution in [0, 0.1) is 0 Å². The fourth-order valence-corrected chi connectivity index (χ4v) is 2.48. The molecule has 0 atom stereocenters. The van der Waals surface area contributed by atoms with E-state index >= 15 is 0 Å². The van der Waals surface area contributed by atoms with Crippen LogP contribution in [0.1, 0.15) is 17.3 Å². The summed E-state index contributed by atoms with van der Waals surface area (Å²) in [5.74, 6) is -2.00. The lowest BCUT2D eigenvalue weighted by Crippen LogP contribution is -2.20. The molecule has 0 unspecified atom stereocenters. The number of ether oxygens (including phenoxy) is 8. The fourth-order valence-electron chi connectivity index (χ4n) is 2.48. The van der Waals surface area contributed by atoms with E-state index in [1.54, 1.807) is 37.3 Å². The summed E-state index contributed by atoms with van der Waals surface area (Å²) in [6.07, 6.45) is 0. The molecule has 0 saturated carbocycles. The van der Waals surface area contributed by atoms with Crippen molar-refractivity contribution < 1.29 is 52.3 Å². The van der Waals surface area contributed by atoms with E-state index in [0.29, 0.717) is 83.8 Å². The number of rotatable bonds is 24. The van der Waals surface area contributed by atoms with Crippen molar-refractivity contribution in [3.63, 3.8) is 0 Å². The molecule has 1 aromatic carbocycles. The van der Waals surface area contributed by atoms with Crippen molar-refractivity contribution in [3.8, 4) is 0 Å². The minimum atomic E-state index is -0.901. The Balaban J connectivity index is 1.74. The second-order valence-corrected chi connectivity index (χ2v) is 7.42. The lowest BCUT2D eigenvalue weighted by molar-refractivity contribution is -0.141. The smallest absolute Gasteiger partial charge is 0.379 e. The van der Waals surface area contributed by atoms with Crippen LogP contribution in [0.3, 0.4) is 0 Å². The Kier molecular flexibility index (Phi) is 19.7. The summed E-state index contributed by atoms with van der Waals surface area (Å²) in [6.45, 7) is 9.91. The largest absolute Gasteiger partial charge is 0.460 e. The van der Waals surface area contributed by atoms with Gasteiger partial charge in [0.15, 0.2) is 0 Å². The van der Waals surface area contributed by atoms with Crippen molar-refractivity contribution in [2.45, 2.75) is 6.92 Å². The third-order valence-electron chi connectivity index (χ3n) is 4.35. The number of carbonyl (C=O) groups is 3. The summed E-state index contributed by atoms with van der Waals surface area (Å²) in [5.41, 5.74) is 0.652. The number of benzene rings is 1. The first-order valence-electron chi connectivity index (χ1n) is 12.1. The van der Waals surface area contributed by atoms with E-state index in [1.807, 2.05) is 0 Å². The molecule has 0 heterocycles. The van der Waals surface area contributed by atoms with E-state index in [4.69, 9.17) is 37.9 Å². The summed E-state index contributed by atoms with van der Waals surface area (Å²) in [6, 6.07) is 8.23. The first kappa shape index (κ1) is 32.4. The Hall–Kier alpha value is -2.67. The van der Waals surface area contributed by atoms with Gasteiger partial charge in [0.25, 0.3) is 5.78 Å². The van der Waals surface area contributed by atoms with Gasteiger partial charge in [-0.05, 0) is 6.92 Å². The Morgan fingerprint density at radius 2 is 0.865 bits per heavy atom. The van der Waals surface area contributed by atoms with Gasteiger partial charge in [-0.25, -0.2) is 9.59 Å². The topological polar surface area (TPSA) is 125 Å². The zero-order valence-electron chi connectivity index (χ0n) is 21.5. The van der Waals surface area contributed by atoms with Crippen LogP contribution < -0.4 is 0 Å². The molecule has 1 rings (SSSR count). The molecule has 0 aliphatic heterocycles. The van der Waals surface area contributed by atoms with Crippen LogP contribution in [-0.2, 0) is 47.5 Å². The minimum Gasteiger partial charge on any atom is -0.460 e. The Labute approximate surface area is 217 Å². The predicted molar refractivity (Wildman–Crippen MR) is 132 cm³/mol. The lowest BCUT2D eigenvalue weighted by Gasteiger charge is -2.08. The average molecular weight is 527 g/mol. The molecule has 0 saturated heterocycles. The Morgan fingerprint density at radius 3 is 1.22 bits per heavy atom. The highest BCUT2D eigenvalue weighted by molar-refractivity contribution is 6.40. The molecule has 0 aliphatic carbocycles. The van der Waals surface area contributed by atoms with Gasteiger partial charge in [0.1, 0.15) is 13.2 Å². The van der Waals surface area contributed by atoms with Gasteiger partial charge >= 0.3 is 11.9 Å². The Morgan fingerprint density at radius 1 is 0.541 bits per heavy atom. The summed E-state index contributed by atoms with van der Waals surface area (Å²) in [7, 11) is 0. The first-order valence-corrected chi connectivity index (χ1v) is 12.1. The number of carbonyl (C=O) groups excluding carboxylic acids is 3. The molecule has 0 aliphatic rings. The van der Waals surface area contributed by atoms with Crippen molar-refractivity contribution in [1.82, 2.24) is 0 Å². The van der Waals surface area contributed by atoms with Gasteiger partial charge in [-0.15, -0.1) is 0 Å². The van der Waals surface area contributed by atoms with E-state index in [-0.39, 0.29) is 19.8 Å². The molecular formula is C26H38O11. The summed E-state index contributed by atoms with van der Waals surface area (Å²) in [4.78, 5) is 34.7. The predicted octanol–water partition coefficient (Wildman–Crippen LogP) is 1.63. The Bertz CT molecular complexity index is 767. The molecule has 0 radical (unpaired) electrons. The number of Topliss-reactive ketones (excluding diaryl/α,β-unsaturated/α-hetero) is 1. The van der Waals surface area contributed by atoms with Gasteiger partial charge < -0.3 is 37.9 Å². The summed E-state index contributed by atoms with van der Waals surface area (Å²) >= 11 is 0. The molecule has 0 N–H and O–H groups in total. The standard InChI is InChI=1S/C26H38O11/c1-22(2)25(28)36-20-18-34-16-14-32-12-10-30-8-9-31-11-13-33-15-17-35-19-21-37-26(29)24(27)23-6-4-3-5-7-23/h3-7H,1,8-21H2,2H3. The number of esters is 2. The van der Waals surface area contributed by atoms with E-state index < -0.39 is 17.7 Å². The molecule has 1 aromatic rings. The summed E-state index contributed by atoms with van der Waals surface area (Å²) < 4.78 is 41.9. The van der Waals surface area contributed by atoms with Crippen LogP contribution in [0.4, 0.5) is 0 Å². The number of ketones is 1. The van der Waals surface area contributed by atoms with Gasteiger partial charge in [0.05, 0.1) is 79.3 Å². The maximum absolute atomic E-state index is 11.8. The normalized spacial score (nSPS) is 10.7. The van der Waals surface area contributed by atoms with E-state index in [1.165, 1.54) is 0 Å². The van der Waals surface area contributed by atoms with Gasteiger partial charge in [-0.2, -0.15) is 0 Å². The van der Waals surface area contributed by atoms with Crippen LogP contribution in [0.15, 0.2) is 42.5 Å². The van der Waals surface area contributed by atoms with Crippen LogP contribution in [0.5, 0.6) is 0 Å². The monoisotopic (exact) mass is 526 g/mol. The SMILES string of the molecule is C=C(C)C(=O)OCCOCCOCCOCCOCCOCCOCCOC(=O)C(=O)c1ccccc1. The lowest BCUT2D eigenvalue weighted by atomic mass is 10.1. The van der Waals surface area contributed by atoms with Crippen molar-refractivity contribution in [1.29, 1.82) is 0 Å². The molecule has 0 bridgehead atoms. The van der Waals surface area contributed by atoms with Crippen molar-refractivity contribution in [2.24, 2.45) is 0 Å². The highest BCUT2D eigenvalue weighted by Gasteiger charge is 2.17. The van der Waals surface area contributed by atoms with Crippen LogP contribution >= 0.6 is 0 Å². The van der Waals surface area contributed by atoms with Crippen molar-refractivity contribution >= 4 is 17.7 Å². The highest BCUT2D eigenvalue weighted by atomic mass is 16.6. The van der Waals surface area contributed by atoms with Crippen LogP contribution in [0.25, 0.3) is 0 Å². The zero-order valence-corrected chi connectivity index (χ0v) is 21.5. The van der Waals surface area contributed by atoms with Gasteiger partial charge in [-0.3, -0.25) is 4.79 Å². The third-order valence-corrected chi connectivity index (χ3v) is 4.35. The second kappa shape index (κ2) is 22.5. The zero-order chi connectivity index (χ0) is 27.0. The quantitative estimate of drug-likeness (QED) is 0.0642.